The molecule has 8 N–H and O–H groups in total. The number of nitrogens with two attached hydrogens (primary N) is 2. The van der Waals surface area contributed by atoms with Crippen molar-refractivity contribution < 1.29 is 0 Å². The Hall–Kier alpha value is 1.32. The van der Waals surface area contributed by atoms with Gasteiger partial charge in [0.25, 0.3) is 0 Å². The predicted molar refractivity (Wildman–Crippen MR) is 306 cm³/mol. The van der Waals surface area contributed by atoms with E-state index in [0.717, 1.165) is 90.3 Å². The number of nitrogens with one attached hydrogen (secondary N) is 4. The van der Waals surface area contributed by atoms with E-state index in [1.165, 1.54) is 142 Å². The van der Waals surface area contributed by atoms with E-state index in [0.29, 0.717) is 6.04 Å². The number of alkyl halides is 2. The average molecular weight is 1100 g/mol. The maximum absolute atomic E-state index is 5.72. The van der Waals surface area contributed by atoms with Crippen LogP contribution in [0.3, 0.4) is 0 Å². The lowest BCUT2D eigenvalue weighted by Crippen LogP contribution is -2.58. The summed E-state index contributed by atoms with van der Waals surface area (Å²) in [6.07, 6.45) is 42.6. The second kappa shape index (κ2) is 38.8. The van der Waals surface area contributed by atoms with Gasteiger partial charge in [0.1, 0.15) is 0 Å². The van der Waals surface area contributed by atoms with Crippen molar-refractivity contribution in [3.8, 4) is 0 Å². The van der Waals surface area contributed by atoms with Crippen molar-refractivity contribution in [2.75, 3.05) is 112 Å². The summed E-state index contributed by atoms with van der Waals surface area (Å²) >= 11 is 26.4. The molecule has 394 valence electrons. The van der Waals surface area contributed by atoms with Crippen LogP contribution in [0.2, 0.25) is 0 Å². The summed E-state index contributed by atoms with van der Waals surface area (Å²) in [5.41, 5.74) is 10.6. The molecule has 67 heavy (non-hydrogen) atoms. The van der Waals surface area contributed by atoms with Crippen molar-refractivity contribution in [1.29, 1.82) is 0 Å². The van der Waals surface area contributed by atoms with Gasteiger partial charge in [0.2, 0.25) is 5.11 Å². The van der Waals surface area contributed by atoms with Crippen molar-refractivity contribution in [3.63, 3.8) is 0 Å². The molecule has 0 bridgehead atoms. The largest absolute Gasteiger partial charge is 0.330 e. The van der Waals surface area contributed by atoms with Gasteiger partial charge in [-0.2, -0.15) is 0 Å². The lowest BCUT2D eigenvalue weighted by atomic mass is 10.0. The first kappa shape index (κ1) is 64.4. The van der Waals surface area contributed by atoms with Crippen LogP contribution in [-0.4, -0.2) is 154 Å². The maximum Gasteiger partial charge on any atom is 0.308 e. The van der Waals surface area contributed by atoms with E-state index in [1.807, 2.05) is 0 Å². The number of halogens is 5. The monoisotopic (exact) mass is 1100 g/mol. The smallest absolute Gasteiger partial charge is 0.308 e. The number of fused-ring (bicyclic) bond motifs is 2. The van der Waals surface area contributed by atoms with Gasteiger partial charge in [0.15, 0.2) is 0 Å². The van der Waals surface area contributed by atoms with Crippen LogP contribution >= 0.6 is 77.8 Å². The van der Waals surface area contributed by atoms with Gasteiger partial charge in [0.05, 0.1) is 6.04 Å². The highest BCUT2D eigenvalue weighted by Crippen LogP contribution is 2.72. The van der Waals surface area contributed by atoms with Crippen LogP contribution in [-0.2, 0) is 0 Å². The number of rotatable bonds is 11. The maximum atomic E-state index is 5.72. The molecule has 7 aliphatic rings. The van der Waals surface area contributed by atoms with Gasteiger partial charge in [-0.25, -0.2) is 0 Å². The Morgan fingerprint density at radius 1 is 0.612 bits per heavy atom. The third-order valence-corrected chi connectivity index (χ3v) is 22.7. The molecule has 3 aliphatic carbocycles. The molecule has 4 heterocycles. The van der Waals surface area contributed by atoms with Gasteiger partial charge in [0, 0.05) is 98.4 Å². The van der Waals surface area contributed by atoms with E-state index in [-0.39, 0.29) is 6.04 Å². The Morgan fingerprint density at radius 2 is 1.09 bits per heavy atom. The lowest BCUT2D eigenvalue weighted by Gasteiger charge is -2.54. The summed E-state index contributed by atoms with van der Waals surface area (Å²) in [6.45, 7) is 13.5. The fourth-order valence-electron chi connectivity index (χ4n) is 10.1. The Balaban J connectivity index is 0.000000313. The van der Waals surface area contributed by atoms with E-state index in [9.17, 15) is 0 Å². The lowest BCUT2D eigenvalue weighted by molar-refractivity contribution is 0.185. The molecule has 0 aromatic rings. The molecule has 4 saturated heterocycles. The summed E-state index contributed by atoms with van der Waals surface area (Å²) in [7, 11) is 4.29. The summed E-state index contributed by atoms with van der Waals surface area (Å²) in [5.74, 6) is 0. The summed E-state index contributed by atoms with van der Waals surface area (Å²) in [5, 5.41) is 12.4. The number of allylic oxidation sites excluding steroid dienone is 6. The van der Waals surface area contributed by atoms with Crippen LogP contribution in [0.4, 0.5) is 0 Å². The number of hydrogen-bond acceptors (Lipinski definition) is 12. The molecule has 0 aromatic heterocycles. The molecule has 0 radical (unpaired) electrons. The zero-order valence-electron chi connectivity index (χ0n) is 42.6. The molecule has 0 amide bonds. The van der Waals surface area contributed by atoms with E-state index in [4.69, 9.17) is 45.2 Å². The highest BCUT2D eigenvalue weighted by atomic mass is 36.0. The Labute approximate surface area is 437 Å². The molecule has 0 saturated carbocycles. The minimum atomic E-state index is -2.50. The molecule has 12 nitrogen and oxygen atoms in total. The molecule has 7 rings (SSSR count). The summed E-state index contributed by atoms with van der Waals surface area (Å²) in [4.78, 5) is 0. The van der Waals surface area contributed by atoms with Gasteiger partial charge < -0.3 is 16.8 Å². The number of nitrogens with zero attached hydrogens (tertiary/aromatic N) is 6. The molecule has 20 heteroatoms. The molecule has 0 spiro atoms. The van der Waals surface area contributed by atoms with Crippen LogP contribution < -0.4 is 32.0 Å². The zero-order chi connectivity index (χ0) is 49.2. The van der Waals surface area contributed by atoms with E-state index < -0.39 is 20.8 Å². The van der Waals surface area contributed by atoms with Crippen molar-refractivity contribution in [2.45, 2.75) is 153 Å². The molecular formula is C47H98Cl5N12P3+2. The van der Waals surface area contributed by atoms with Gasteiger partial charge in [-0.1, -0.05) is 36.5 Å². The van der Waals surface area contributed by atoms with Crippen molar-refractivity contribution in [2.24, 2.45) is 16.2 Å². The molecule has 3 atom stereocenters. The van der Waals surface area contributed by atoms with Crippen LogP contribution in [0.25, 0.3) is 0 Å². The zero-order valence-corrected chi connectivity index (χ0v) is 49.1. The Bertz CT molecular complexity index is 1340. The fourth-order valence-corrected chi connectivity index (χ4v) is 20.4. The molecule has 4 aliphatic heterocycles. The second-order valence-corrected chi connectivity index (χ2v) is 31.7. The second-order valence-electron chi connectivity index (χ2n) is 18.3. The average Bonchev–Trinajstić information content (AvgIpc) is 3.30. The molecule has 0 aromatic carbocycles. The van der Waals surface area contributed by atoms with Crippen molar-refractivity contribution in [1.82, 2.24) is 43.9 Å². The van der Waals surface area contributed by atoms with Gasteiger partial charge in [-0.05, 0) is 195 Å². The highest BCUT2D eigenvalue weighted by Gasteiger charge is 2.62. The number of hydrogen-bond donors (Lipinski definition) is 6. The first-order valence-corrected chi connectivity index (χ1v) is 35.1. The Morgan fingerprint density at radius 3 is 1.63 bits per heavy atom. The first-order valence-electron chi connectivity index (χ1n) is 25.8. The first-order chi connectivity index (χ1) is 32.6. The third-order valence-electron chi connectivity index (χ3n) is 13.4. The minimum absolute atomic E-state index is 0.255. The van der Waals surface area contributed by atoms with Crippen LogP contribution in [0, 0.1) is 0 Å². The van der Waals surface area contributed by atoms with Crippen LogP contribution in [0.1, 0.15) is 135 Å². The standard InChI is InChI=1S/C17H34N4P.C14H28N4P.C8H13Cl3NP.C6H17N3.2CH3Cl/c1-18-13-9-15-21-16-10-14-19(2)22(18,21)20(3)17-11-7-5-4-6-8-12-17;1-2-4-8-14(9-5-3-1)17-19-15-10-6-12-18(19)13-7-11-16-19;9-13(10,11)12-8-6-4-2-1-3-5-7-8;7-3-1-5-9-6-2-4-8;2*1-2/h4-5,17H,6-16H2,1-3H3;1-2,14-17H,3-13H2;1-2,8H,3-7H2;9H,1-8H2;2*1H3/q2*+1;;;;/b5-4-;2*2-1-;;;. The minimum Gasteiger partial charge on any atom is -0.330 e. The fraction of sp³-hybridized carbons (Fsp3) is 0.872. The van der Waals surface area contributed by atoms with Crippen molar-refractivity contribution >= 4 is 77.8 Å². The van der Waals surface area contributed by atoms with E-state index >= 15 is 0 Å². The molecule has 3 unspecified atom stereocenters. The van der Waals surface area contributed by atoms with E-state index in [2.05, 4.69) is 129 Å². The highest BCUT2D eigenvalue weighted by molar-refractivity contribution is 8.26. The van der Waals surface area contributed by atoms with Gasteiger partial charge in [-0.15, -0.1) is 61.8 Å². The summed E-state index contributed by atoms with van der Waals surface area (Å²) in [6, 6.07) is 1.67. The normalized spacial score (nSPS) is 27.4. The van der Waals surface area contributed by atoms with Crippen molar-refractivity contribution in [3.05, 3.63) is 36.5 Å². The van der Waals surface area contributed by atoms with Crippen LogP contribution in [0.5, 0.6) is 0 Å². The topological polar surface area (TPSA) is 129 Å². The van der Waals surface area contributed by atoms with Gasteiger partial charge >= 0.3 is 15.7 Å². The molecule has 4 fully saturated rings. The Kier molecular flexibility index (Phi) is 37.3. The van der Waals surface area contributed by atoms with Gasteiger partial charge in [-0.3, -0.25) is 4.74 Å². The summed E-state index contributed by atoms with van der Waals surface area (Å²) < 4.78 is 18.0. The van der Waals surface area contributed by atoms with Crippen LogP contribution in [0.15, 0.2) is 41.2 Å². The predicted octanol–water partition coefficient (Wildman–Crippen LogP) is 12.4. The SMILES string of the molecule is C1=C\CCC(N[P+]23NCCCN2CCCN3)CCC/1.CCl.CCl.CN1CCCN2CCCN(C)[P+]12N(C)C1CC/C=C\CCC1.ClP(Cl)(Cl)=NC1CC/C=C\CCC1.NCCCNCCCN. The molecular weight excluding hydrogens is 1000 g/mol. The third kappa shape index (κ3) is 24.0. The van der Waals surface area contributed by atoms with E-state index in [1.54, 1.807) is 0 Å². The quantitative estimate of drug-likeness (QED) is 0.0512.